The standard InChI is InChI=1S/C37H37F7N4O6/c1-34(17-46-35(19-53-34)16-29(35)54-32(50)45-18-37(42,43)44)13-12-23-24(39)4-3-5-27(23)47-31(49)36(15-28(36)48-33(51)52-2)30(20-6-9-22(38)10-7-20)21-8-11-25(40)26(41)14-21/h3-11,14,28-30,46H,12-13,15-19H2,1-2H3,(H,45,50)(H,47,49)(H,48,51)/t28?,29-,30?,34?,35?,36?/m0/s1. The van der Waals surface area contributed by atoms with Gasteiger partial charge in [-0.2, -0.15) is 13.2 Å². The molecule has 0 radical (unpaired) electrons. The molecular weight excluding hydrogens is 729 g/mol. The third kappa shape index (κ3) is 8.26. The maximum absolute atomic E-state index is 15.5. The summed E-state index contributed by atoms with van der Waals surface area (Å²) in [7, 11) is 1.13. The lowest BCUT2D eigenvalue weighted by Gasteiger charge is -2.39. The van der Waals surface area contributed by atoms with Crippen LogP contribution in [0.3, 0.4) is 0 Å². The maximum Gasteiger partial charge on any atom is 0.407 e. The maximum atomic E-state index is 15.5. The van der Waals surface area contributed by atoms with Crippen molar-refractivity contribution >= 4 is 23.8 Å². The zero-order valence-electron chi connectivity index (χ0n) is 29.1. The summed E-state index contributed by atoms with van der Waals surface area (Å²) in [5.41, 5.74) is -2.42. The summed E-state index contributed by atoms with van der Waals surface area (Å²) in [5, 5.41) is 10.3. The minimum atomic E-state index is -4.59. The second-order valence-electron chi connectivity index (χ2n) is 14.1. The zero-order chi connectivity index (χ0) is 39.1. The largest absolute Gasteiger partial charge is 0.453 e. The van der Waals surface area contributed by atoms with Gasteiger partial charge in [-0.3, -0.25) is 4.79 Å². The molecule has 3 aromatic rings. The number of benzene rings is 3. The number of anilines is 1. The van der Waals surface area contributed by atoms with Gasteiger partial charge in [0, 0.05) is 36.2 Å². The van der Waals surface area contributed by atoms with E-state index in [0.29, 0.717) is 12.0 Å². The molecular formula is C37H37F7N4O6. The lowest BCUT2D eigenvalue weighted by atomic mass is 9.76. The second kappa shape index (κ2) is 14.7. The zero-order valence-corrected chi connectivity index (χ0v) is 29.1. The minimum absolute atomic E-state index is 0.00759. The van der Waals surface area contributed by atoms with Gasteiger partial charge in [0.05, 0.1) is 30.3 Å². The highest BCUT2D eigenvalue weighted by atomic mass is 19.4. The number of morpholine rings is 1. The summed E-state index contributed by atoms with van der Waals surface area (Å²) < 4.78 is 112. The number of alkyl halides is 3. The summed E-state index contributed by atoms with van der Waals surface area (Å²) in [6.45, 7) is 0.539. The first kappa shape index (κ1) is 38.8. The molecule has 290 valence electrons. The lowest BCUT2D eigenvalue weighted by Crippen LogP contribution is -2.56. The van der Waals surface area contributed by atoms with Gasteiger partial charge in [-0.15, -0.1) is 0 Å². The van der Waals surface area contributed by atoms with E-state index < -0.39 is 88.7 Å². The molecule has 54 heavy (non-hydrogen) atoms. The molecule has 5 unspecified atom stereocenters. The molecule has 6 rings (SSSR count). The van der Waals surface area contributed by atoms with Crippen LogP contribution in [0, 0.1) is 28.7 Å². The Hall–Kier alpha value is -4.90. The Bertz CT molecular complexity index is 1900. The van der Waals surface area contributed by atoms with Gasteiger partial charge < -0.3 is 35.5 Å². The Morgan fingerprint density at radius 2 is 1.67 bits per heavy atom. The van der Waals surface area contributed by atoms with Crippen molar-refractivity contribution in [2.24, 2.45) is 5.41 Å². The Morgan fingerprint density at radius 1 is 0.944 bits per heavy atom. The fraction of sp³-hybridized carbons (Fsp3) is 0.432. The molecule has 1 saturated heterocycles. The quantitative estimate of drug-likeness (QED) is 0.170. The molecule has 1 heterocycles. The van der Waals surface area contributed by atoms with Crippen molar-refractivity contribution in [3.63, 3.8) is 0 Å². The molecule has 6 atom stereocenters. The van der Waals surface area contributed by atoms with Crippen molar-refractivity contribution in [1.82, 2.24) is 16.0 Å². The van der Waals surface area contributed by atoms with E-state index in [-0.39, 0.29) is 49.2 Å². The normalized spacial score (nSPS) is 26.4. The molecule has 3 aromatic carbocycles. The van der Waals surface area contributed by atoms with Crippen LogP contribution in [-0.4, -0.2) is 74.4 Å². The number of ether oxygens (including phenoxy) is 3. The van der Waals surface area contributed by atoms with Crippen LogP contribution >= 0.6 is 0 Å². The first-order valence-electron chi connectivity index (χ1n) is 17.0. The van der Waals surface area contributed by atoms with Crippen LogP contribution < -0.4 is 21.3 Å². The van der Waals surface area contributed by atoms with Crippen LogP contribution in [-0.2, 0) is 25.4 Å². The molecule has 2 saturated carbocycles. The van der Waals surface area contributed by atoms with Crippen molar-refractivity contribution in [3.8, 4) is 0 Å². The molecule has 3 aliphatic rings. The number of carbonyl (C=O) groups is 3. The summed E-state index contributed by atoms with van der Waals surface area (Å²) in [5.74, 6) is -5.25. The van der Waals surface area contributed by atoms with Crippen molar-refractivity contribution in [3.05, 3.63) is 101 Å². The van der Waals surface area contributed by atoms with Gasteiger partial charge in [0.2, 0.25) is 5.91 Å². The van der Waals surface area contributed by atoms with Crippen LogP contribution in [0.2, 0.25) is 0 Å². The second-order valence-corrected chi connectivity index (χ2v) is 14.1. The molecule has 0 aromatic heterocycles. The van der Waals surface area contributed by atoms with Crippen LogP contribution in [0.4, 0.5) is 46.0 Å². The predicted molar refractivity (Wildman–Crippen MR) is 178 cm³/mol. The van der Waals surface area contributed by atoms with Gasteiger partial charge in [0.1, 0.15) is 24.3 Å². The van der Waals surface area contributed by atoms with Crippen molar-refractivity contribution in [2.75, 3.05) is 32.1 Å². The molecule has 17 heteroatoms. The summed E-state index contributed by atoms with van der Waals surface area (Å²) in [6.07, 6.45) is -6.72. The third-order valence-electron chi connectivity index (χ3n) is 10.4. The van der Waals surface area contributed by atoms with Crippen molar-refractivity contribution in [2.45, 2.75) is 68.0 Å². The van der Waals surface area contributed by atoms with E-state index in [1.807, 2.05) is 0 Å². The number of carbonyl (C=O) groups excluding carboxylic acids is 3. The van der Waals surface area contributed by atoms with E-state index in [0.717, 1.165) is 31.4 Å². The molecule has 10 nitrogen and oxygen atoms in total. The Morgan fingerprint density at radius 3 is 2.31 bits per heavy atom. The van der Waals surface area contributed by atoms with Crippen LogP contribution in [0.25, 0.3) is 0 Å². The fourth-order valence-electron chi connectivity index (χ4n) is 7.09. The molecule has 0 bridgehead atoms. The number of alkyl carbamates (subject to hydrolysis) is 2. The number of rotatable bonds is 11. The van der Waals surface area contributed by atoms with Gasteiger partial charge >= 0.3 is 18.4 Å². The molecule has 1 spiro atoms. The van der Waals surface area contributed by atoms with Gasteiger partial charge in [-0.1, -0.05) is 24.3 Å². The average molecular weight is 767 g/mol. The van der Waals surface area contributed by atoms with Gasteiger partial charge in [0.15, 0.2) is 11.6 Å². The minimum Gasteiger partial charge on any atom is -0.453 e. The van der Waals surface area contributed by atoms with E-state index in [9.17, 15) is 40.7 Å². The first-order chi connectivity index (χ1) is 25.5. The van der Waals surface area contributed by atoms with E-state index in [1.165, 1.54) is 36.4 Å². The van der Waals surface area contributed by atoms with E-state index >= 15 is 4.39 Å². The Kier molecular flexibility index (Phi) is 10.6. The van der Waals surface area contributed by atoms with Gasteiger partial charge in [-0.05, 0) is 73.7 Å². The van der Waals surface area contributed by atoms with Crippen LogP contribution in [0.5, 0.6) is 0 Å². The summed E-state index contributed by atoms with van der Waals surface area (Å²) >= 11 is 0. The highest BCUT2D eigenvalue weighted by Gasteiger charge is 2.66. The smallest absolute Gasteiger partial charge is 0.407 e. The summed E-state index contributed by atoms with van der Waals surface area (Å²) in [4.78, 5) is 38.7. The molecule has 3 fully saturated rings. The monoisotopic (exact) mass is 766 g/mol. The van der Waals surface area contributed by atoms with E-state index in [4.69, 9.17) is 14.2 Å². The highest BCUT2D eigenvalue weighted by Crippen LogP contribution is 2.59. The Balaban J connectivity index is 1.19. The number of hydrogen-bond acceptors (Lipinski definition) is 7. The van der Waals surface area contributed by atoms with Crippen molar-refractivity contribution < 1.29 is 59.3 Å². The molecule has 2 aliphatic carbocycles. The lowest BCUT2D eigenvalue weighted by molar-refractivity contribution is -0.124. The van der Waals surface area contributed by atoms with E-state index in [2.05, 4.69) is 16.0 Å². The van der Waals surface area contributed by atoms with Gasteiger partial charge in [-0.25, -0.2) is 27.2 Å². The highest BCUT2D eigenvalue weighted by molar-refractivity contribution is 6.00. The van der Waals surface area contributed by atoms with Gasteiger partial charge in [0.25, 0.3) is 0 Å². The number of hydrogen-bond donors (Lipinski definition) is 4. The van der Waals surface area contributed by atoms with Crippen LogP contribution in [0.15, 0.2) is 60.7 Å². The number of methoxy groups -OCH3 is 1. The number of halogens is 7. The molecule has 1 aliphatic heterocycles. The molecule has 3 amide bonds. The topological polar surface area (TPSA) is 127 Å². The SMILES string of the molecule is COC(=O)NC1CC1(C(=O)Nc1cccc(F)c1CCC1(C)CNC2(CO1)C[C@@H]2OC(=O)NCC(F)(F)F)C(c1ccc(F)cc1)c1ccc(F)c(F)c1. The third-order valence-corrected chi connectivity index (χ3v) is 10.4. The Labute approximate surface area is 305 Å². The molecule has 4 N–H and O–H groups in total. The number of nitrogens with one attached hydrogen (secondary N) is 4. The number of amides is 3. The van der Waals surface area contributed by atoms with Crippen molar-refractivity contribution in [1.29, 1.82) is 0 Å². The average Bonchev–Trinajstić information content (AvgIpc) is 4.02. The first-order valence-corrected chi connectivity index (χ1v) is 17.0. The predicted octanol–water partition coefficient (Wildman–Crippen LogP) is 6.24. The van der Waals surface area contributed by atoms with E-state index in [1.54, 1.807) is 12.2 Å². The fourth-order valence-corrected chi connectivity index (χ4v) is 7.09. The van der Waals surface area contributed by atoms with Crippen LogP contribution in [0.1, 0.15) is 48.8 Å². The summed E-state index contributed by atoms with van der Waals surface area (Å²) in [6, 6.07) is 11.5.